The standard InChI is InChI=1S/C8H11IN4O2/c1-2-10-5(14)3-11-7-6(9)8(15)13-4-12-7/h4H,2-3H2,1H3,(H,10,14)(H2,11,12,13,15). The molecule has 82 valence electrons. The normalized spacial score (nSPS) is 9.73. The molecule has 0 aliphatic rings. The van der Waals surface area contributed by atoms with Crippen LogP contribution in [0.1, 0.15) is 6.92 Å². The first-order valence-electron chi connectivity index (χ1n) is 4.39. The second-order valence-electron chi connectivity index (χ2n) is 2.70. The fraction of sp³-hybridized carbons (Fsp3) is 0.375. The Morgan fingerprint density at radius 1 is 1.67 bits per heavy atom. The molecular formula is C8H11IN4O2. The quantitative estimate of drug-likeness (QED) is 0.677. The second kappa shape index (κ2) is 5.69. The molecule has 1 aromatic rings. The molecule has 1 heterocycles. The zero-order chi connectivity index (χ0) is 11.3. The lowest BCUT2D eigenvalue weighted by molar-refractivity contribution is -0.119. The van der Waals surface area contributed by atoms with Crippen molar-refractivity contribution in [2.45, 2.75) is 6.92 Å². The average Bonchev–Trinajstić information content (AvgIpc) is 2.21. The van der Waals surface area contributed by atoms with E-state index in [9.17, 15) is 9.59 Å². The number of aromatic amines is 1. The van der Waals surface area contributed by atoms with Crippen LogP contribution in [0.5, 0.6) is 0 Å². The van der Waals surface area contributed by atoms with Crippen LogP contribution < -0.4 is 16.2 Å². The summed E-state index contributed by atoms with van der Waals surface area (Å²) in [5, 5.41) is 5.42. The molecule has 0 spiro atoms. The van der Waals surface area contributed by atoms with Crippen molar-refractivity contribution >= 4 is 34.3 Å². The van der Waals surface area contributed by atoms with Crippen molar-refractivity contribution in [3.8, 4) is 0 Å². The summed E-state index contributed by atoms with van der Waals surface area (Å²) in [6.45, 7) is 2.54. The molecule has 0 aliphatic carbocycles. The van der Waals surface area contributed by atoms with E-state index in [-0.39, 0.29) is 18.0 Å². The molecule has 0 saturated heterocycles. The first kappa shape index (κ1) is 12.0. The molecule has 0 aliphatic heterocycles. The summed E-state index contributed by atoms with van der Waals surface area (Å²) in [6, 6.07) is 0. The summed E-state index contributed by atoms with van der Waals surface area (Å²) in [5.74, 6) is 0.293. The Labute approximate surface area is 100 Å². The Balaban J connectivity index is 2.62. The highest BCUT2D eigenvalue weighted by atomic mass is 127. The number of hydrogen-bond acceptors (Lipinski definition) is 4. The molecule has 0 saturated carbocycles. The molecule has 0 radical (unpaired) electrons. The predicted molar refractivity (Wildman–Crippen MR) is 64.7 cm³/mol. The highest BCUT2D eigenvalue weighted by Gasteiger charge is 2.06. The summed E-state index contributed by atoms with van der Waals surface area (Å²) in [4.78, 5) is 28.6. The van der Waals surface area contributed by atoms with Gasteiger partial charge < -0.3 is 15.6 Å². The van der Waals surface area contributed by atoms with Crippen LogP contribution in [0.25, 0.3) is 0 Å². The number of aromatic nitrogens is 2. The average molecular weight is 322 g/mol. The number of anilines is 1. The van der Waals surface area contributed by atoms with Gasteiger partial charge in [-0.3, -0.25) is 9.59 Å². The van der Waals surface area contributed by atoms with Crippen molar-refractivity contribution in [2.24, 2.45) is 0 Å². The first-order chi connectivity index (χ1) is 7.15. The summed E-state index contributed by atoms with van der Waals surface area (Å²) in [5.41, 5.74) is -0.219. The Hall–Kier alpha value is -1.12. The molecule has 0 bridgehead atoms. The number of nitrogens with one attached hydrogen (secondary N) is 3. The van der Waals surface area contributed by atoms with E-state index in [1.54, 1.807) is 0 Å². The zero-order valence-corrected chi connectivity index (χ0v) is 10.3. The van der Waals surface area contributed by atoms with E-state index in [2.05, 4.69) is 20.6 Å². The predicted octanol–water partition coefficient (Wildman–Crippen LogP) is -0.0775. The van der Waals surface area contributed by atoms with Gasteiger partial charge in [-0.1, -0.05) is 0 Å². The minimum atomic E-state index is -0.219. The molecule has 7 heteroatoms. The lowest BCUT2D eigenvalue weighted by atomic mass is 10.5. The molecule has 0 atom stereocenters. The largest absolute Gasteiger partial charge is 0.360 e. The second-order valence-corrected chi connectivity index (χ2v) is 3.78. The van der Waals surface area contributed by atoms with Crippen molar-refractivity contribution in [1.82, 2.24) is 15.3 Å². The van der Waals surface area contributed by atoms with E-state index in [1.807, 2.05) is 29.5 Å². The molecule has 0 fully saturated rings. The lowest BCUT2D eigenvalue weighted by Crippen LogP contribution is -2.30. The van der Waals surface area contributed by atoms with E-state index in [0.29, 0.717) is 15.9 Å². The molecule has 0 unspecified atom stereocenters. The summed E-state index contributed by atoms with van der Waals surface area (Å²) in [7, 11) is 0. The van der Waals surface area contributed by atoms with Gasteiger partial charge in [0, 0.05) is 6.54 Å². The van der Waals surface area contributed by atoms with Crippen LogP contribution >= 0.6 is 22.6 Å². The van der Waals surface area contributed by atoms with Gasteiger partial charge in [0.05, 0.1) is 12.9 Å². The number of carbonyl (C=O) groups is 1. The third kappa shape index (κ3) is 3.50. The van der Waals surface area contributed by atoms with Crippen LogP contribution in [0.3, 0.4) is 0 Å². The van der Waals surface area contributed by atoms with Gasteiger partial charge in [0.25, 0.3) is 5.56 Å². The van der Waals surface area contributed by atoms with Gasteiger partial charge >= 0.3 is 0 Å². The van der Waals surface area contributed by atoms with Gasteiger partial charge in [-0.2, -0.15) is 0 Å². The summed E-state index contributed by atoms with van der Waals surface area (Å²) >= 11 is 1.87. The summed E-state index contributed by atoms with van der Waals surface area (Å²) < 4.78 is 0.444. The SMILES string of the molecule is CCNC(=O)CNc1nc[nH]c(=O)c1I. The molecule has 3 N–H and O–H groups in total. The number of hydrogen-bond donors (Lipinski definition) is 3. The number of H-pyrrole nitrogens is 1. The van der Waals surface area contributed by atoms with Gasteiger partial charge in [-0.15, -0.1) is 0 Å². The van der Waals surface area contributed by atoms with E-state index < -0.39 is 0 Å². The Morgan fingerprint density at radius 3 is 3.07 bits per heavy atom. The van der Waals surface area contributed by atoms with E-state index in [0.717, 1.165) is 0 Å². The Kier molecular flexibility index (Phi) is 4.53. The highest BCUT2D eigenvalue weighted by Crippen LogP contribution is 2.07. The topological polar surface area (TPSA) is 86.9 Å². The minimum absolute atomic E-state index is 0.111. The lowest BCUT2D eigenvalue weighted by Gasteiger charge is -2.06. The van der Waals surface area contributed by atoms with Crippen molar-refractivity contribution in [1.29, 1.82) is 0 Å². The van der Waals surface area contributed by atoms with Crippen molar-refractivity contribution in [3.05, 3.63) is 20.3 Å². The Bertz CT molecular complexity index is 404. The van der Waals surface area contributed by atoms with E-state index in [4.69, 9.17) is 0 Å². The first-order valence-corrected chi connectivity index (χ1v) is 5.46. The number of nitrogens with zero attached hydrogens (tertiary/aromatic N) is 1. The third-order valence-corrected chi connectivity index (χ3v) is 2.59. The van der Waals surface area contributed by atoms with Crippen LogP contribution in [-0.4, -0.2) is 29.0 Å². The summed E-state index contributed by atoms with van der Waals surface area (Å²) in [6.07, 6.45) is 1.30. The maximum atomic E-state index is 11.2. The smallest absolute Gasteiger partial charge is 0.266 e. The number of likely N-dealkylation sites (N-methyl/N-ethyl adjacent to an activating group) is 1. The van der Waals surface area contributed by atoms with Crippen molar-refractivity contribution < 1.29 is 4.79 Å². The number of amides is 1. The third-order valence-electron chi connectivity index (χ3n) is 1.59. The maximum absolute atomic E-state index is 11.2. The molecular weight excluding hydrogens is 311 g/mol. The van der Waals surface area contributed by atoms with Gasteiger partial charge in [0.15, 0.2) is 0 Å². The van der Waals surface area contributed by atoms with Crippen LogP contribution in [-0.2, 0) is 4.79 Å². The molecule has 6 nitrogen and oxygen atoms in total. The molecule has 1 aromatic heterocycles. The van der Waals surface area contributed by atoms with Crippen molar-refractivity contribution in [2.75, 3.05) is 18.4 Å². The van der Waals surface area contributed by atoms with Crippen LogP contribution in [0.2, 0.25) is 0 Å². The molecule has 15 heavy (non-hydrogen) atoms. The maximum Gasteiger partial charge on any atom is 0.266 e. The number of carbonyl (C=O) groups excluding carboxylic acids is 1. The molecule has 1 rings (SSSR count). The molecule has 1 amide bonds. The molecule has 0 aromatic carbocycles. The zero-order valence-electron chi connectivity index (χ0n) is 8.13. The number of halogens is 1. The van der Waals surface area contributed by atoms with E-state index in [1.165, 1.54) is 6.33 Å². The Morgan fingerprint density at radius 2 is 2.40 bits per heavy atom. The van der Waals surface area contributed by atoms with Gasteiger partial charge in [0.1, 0.15) is 9.39 Å². The van der Waals surface area contributed by atoms with Gasteiger partial charge in [-0.25, -0.2) is 4.98 Å². The van der Waals surface area contributed by atoms with Crippen LogP contribution in [0, 0.1) is 3.57 Å². The van der Waals surface area contributed by atoms with Crippen LogP contribution in [0.15, 0.2) is 11.1 Å². The minimum Gasteiger partial charge on any atom is -0.360 e. The van der Waals surface area contributed by atoms with Gasteiger partial charge in [0.2, 0.25) is 5.91 Å². The van der Waals surface area contributed by atoms with Gasteiger partial charge in [-0.05, 0) is 29.5 Å². The fourth-order valence-corrected chi connectivity index (χ4v) is 1.42. The monoisotopic (exact) mass is 322 g/mol. The van der Waals surface area contributed by atoms with Crippen LogP contribution in [0.4, 0.5) is 5.82 Å². The fourth-order valence-electron chi connectivity index (χ4n) is 0.930. The number of rotatable bonds is 4. The highest BCUT2D eigenvalue weighted by molar-refractivity contribution is 14.1. The van der Waals surface area contributed by atoms with E-state index >= 15 is 0 Å². The van der Waals surface area contributed by atoms with Crippen molar-refractivity contribution in [3.63, 3.8) is 0 Å².